The number of rotatable bonds is 7. The zero-order chi connectivity index (χ0) is 24.2. The van der Waals surface area contributed by atoms with E-state index in [2.05, 4.69) is 4.98 Å². The van der Waals surface area contributed by atoms with E-state index in [-0.39, 0.29) is 11.1 Å². The number of carbonyl (C=O) groups is 1. The van der Waals surface area contributed by atoms with E-state index in [0.29, 0.717) is 0 Å². The molecule has 4 atom stereocenters. The fourth-order valence-corrected chi connectivity index (χ4v) is 4.20. The summed E-state index contributed by atoms with van der Waals surface area (Å²) in [6.07, 6.45) is 2.34. The highest BCUT2D eigenvalue weighted by atomic mass is 31.2. The predicted octanol–water partition coefficient (Wildman–Crippen LogP) is 3.14. The van der Waals surface area contributed by atoms with E-state index in [0.717, 1.165) is 10.4 Å². The minimum Gasteiger partial charge on any atom is -0.455 e. The third-order valence-corrected chi connectivity index (χ3v) is 6.82. The molecule has 0 radical (unpaired) electrons. The van der Waals surface area contributed by atoms with Crippen molar-refractivity contribution in [2.45, 2.75) is 25.2 Å². The van der Waals surface area contributed by atoms with Crippen molar-refractivity contribution in [2.75, 3.05) is 14.2 Å². The quantitative estimate of drug-likeness (QED) is 0.369. The summed E-state index contributed by atoms with van der Waals surface area (Å²) in [5.41, 5.74) is -0.936. The number of carbonyl (C=O) groups excluding carboxylic acids is 1. The van der Waals surface area contributed by atoms with Crippen molar-refractivity contribution in [3.05, 3.63) is 92.5 Å². The lowest BCUT2D eigenvalue weighted by atomic mass is 9.87. The van der Waals surface area contributed by atoms with E-state index < -0.39 is 49.0 Å². The van der Waals surface area contributed by atoms with E-state index in [9.17, 15) is 18.9 Å². The molecular formula is C22H24FN2O7P. The van der Waals surface area contributed by atoms with Crippen molar-refractivity contribution < 1.29 is 27.5 Å². The van der Waals surface area contributed by atoms with Crippen LogP contribution in [0.2, 0.25) is 0 Å². The molecule has 1 heterocycles. The lowest BCUT2D eigenvalue weighted by molar-refractivity contribution is -0.0151. The molecule has 3 rings (SSSR count). The molecule has 0 saturated carbocycles. The molecule has 1 aromatic heterocycles. The van der Waals surface area contributed by atoms with Gasteiger partial charge in [0.25, 0.3) is 5.56 Å². The maximum atomic E-state index is 15.8. The molecular weight excluding hydrogens is 454 g/mol. The number of ether oxygens (including phenoxy) is 1. The molecule has 2 unspecified atom stereocenters. The molecule has 33 heavy (non-hydrogen) atoms. The highest BCUT2D eigenvalue weighted by Crippen LogP contribution is 2.48. The van der Waals surface area contributed by atoms with Crippen LogP contribution in [0.15, 0.2) is 70.2 Å². The molecule has 0 fully saturated rings. The second-order valence-electron chi connectivity index (χ2n) is 7.36. The molecule has 1 aromatic carbocycles. The van der Waals surface area contributed by atoms with Crippen LogP contribution in [0.5, 0.6) is 0 Å². The van der Waals surface area contributed by atoms with E-state index in [1.165, 1.54) is 57.7 Å². The van der Waals surface area contributed by atoms with Crippen LogP contribution in [0.1, 0.15) is 22.0 Å². The fraction of sp³-hybridized carbons (Fsp3) is 0.318. The summed E-state index contributed by atoms with van der Waals surface area (Å²) in [5.74, 6) is -0.432. The van der Waals surface area contributed by atoms with Crippen LogP contribution < -0.4 is 11.2 Å². The van der Waals surface area contributed by atoms with Crippen molar-refractivity contribution >= 4 is 13.6 Å². The highest BCUT2D eigenvalue weighted by molar-refractivity contribution is 7.57. The Kier molecular flexibility index (Phi) is 7.63. The molecule has 176 valence electrons. The smallest absolute Gasteiger partial charge is 0.353 e. The number of nitrogens with zero attached hydrogens (tertiary/aromatic N) is 1. The number of esters is 1. The molecule has 0 amide bonds. The summed E-state index contributed by atoms with van der Waals surface area (Å²) in [5, 5.41) is 0. The average Bonchev–Trinajstić information content (AvgIpc) is 2.82. The van der Waals surface area contributed by atoms with Crippen LogP contribution in [0, 0.1) is 12.8 Å². The van der Waals surface area contributed by atoms with Gasteiger partial charge in [0, 0.05) is 37.7 Å². The number of aryl methyl sites for hydroxylation is 1. The van der Waals surface area contributed by atoms with Crippen molar-refractivity contribution in [1.82, 2.24) is 9.55 Å². The van der Waals surface area contributed by atoms with Crippen LogP contribution in [0.25, 0.3) is 0 Å². The highest BCUT2D eigenvalue weighted by Gasteiger charge is 2.40. The van der Waals surface area contributed by atoms with Crippen molar-refractivity contribution in [3.63, 3.8) is 0 Å². The summed E-state index contributed by atoms with van der Waals surface area (Å²) in [6.45, 7) is 1.49. The zero-order valence-corrected chi connectivity index (χ0v) is 19.1. The van der Waals surface area contributed by atoms with Gasteiger partial charge in [0.15, 0.2) is 6.17 Å². The maximum absolute atomic E-state index is 15.8. The van der Waals surface area contributed by atoms with Gasteiger partial charge in [0.2, 0.25) is 0 Å². The SMILES string of the molecule is COP(=O)(/C=C/C1C=CC(n2cc(C)c(=O)[nH]c2=O)[C@H](F)[C@@H]1OC(=O)c1ccccc1)OC. The van der Waals surface area contributed by atoms with Gasteiger partial charge >= 0.3 is 19.3 Å². The van der Waals surface area contributed by atoms with Crippen LogP contribution >= 0.6 is 7.60 Å². The molecule has 0 saturated heterocycles. The molecule has 1 N–H and O–H groups in total. The van der Waals surface area contributed by atoms with Gasteiger partial charge < -0.3 is 13.8 Å². The van der Waals surface area contributed by atoms with Gasteiger partial charge in [-0.1, -0.05) is 36.4 Å². The average molecular weight is 478 g/mol. The fourth-order valence-electron chi connectivity index (χ4n) is 3.40. The van der Waals surface area contributed by atoms with Crippen LogP contribution in [-0.2, 0) is 18.3 Å². The van der Waals surface area contributed by atoms with E-state index in [1.54, 1.807) is 18.2 Å². The Morgan fingerprint density at radius 3 is 2.45 bits per heavy atom. The Hall–Kier alpha value is -3.07. The predicted molar refractivity (Wildman–Crippen MR) is 119 cm³/mol. The summed E-state index contributed by atoms with van der Waals surface area (Å²) in [4.78, 5) is 38.8. The second-order valence-corrected chi connectivity index (χ2v) is 9.47. The van der Waals surface area contributed by atoms with E-state index >= 15 is 4.39 Å². The van der Waals surface area contributed by atoms with Crippen LogP contribution in [-0.4, -0.2) is 42.0 Å². The molecule has 9 nitrogen and oxygen atoms in total. The first-order chi connectivity index (χ1) is 15.7. The van der Waals surface area contributed by atoms with Gasteiger partial charge in [-0.3, -0.25) is 18.9 Å². The van der Waals surface area contributed by atoms with Crippen molar-refractivity contribution in [1.29, 1.82) is 0 Å². The monoisotopic (exact) mass is 478 g/mol. The molecule has 1 aliphatic rings. The van der Waals surface area contributed by atoms with Gasteiger partial charge in [-0.05, 0) is 19.1 Å². The minimum atomic E-state index is -3.55. The number of allylic oxidation sites excluding steroid dienone is 1. The third-order valence-electron chi connectivity index (χ3n) is 5.27. The number of benzene rings is 1. The molecule has 0 aliphatic heterocycles. The van der Waals surface area contributed by atoms with E-state index in [4.69, 9.17) is 13.8 Å². The van der Waals surface area contributed by atoms with Crippen molar-refractivity contribution in [2.24, 2.45) is 5.92 Å². The largest absolute Gasteiger partial charge is 0.455 e. The Morgan fingerprint density at radius 2 is 1.82 bits per heavy atom. The topological polar surface area (TPSA) is 117 Å². The maximum Gasteiger partial charge on any atom is 0.353 e. The van der Waals surface area contributed by atoms with Crippen LogP contribution in [0.3, 0.4) is 0 Å². The molecule has 2 aromatic rings. The molecule has 0 bridgehead atoms. The number of aromatic nitrogens is 2. The van der Waals surface area contributed by atoms with Gasteiger partial charge in [0.05, 0.1) is 11.6 Å². The third kappa shape index (κ3) is 5.47. The van der Waals surface area contributed by atoms with E-state index in [1.807, 2.05) is 0 Å². The number of alkyl halides is 1. The lowest BCUT2D eigenvalue weighted by Crippen LogP contribution is -2.45. The summed E-state index contributed by atoms with van der Waals surface area (Å²) < 4.78 is 44.4. The zero-order valence-electron chi connectivity index (χ0n) is 18.2. The summed E-state index contributed by atoms with van der Waals surface area (Å²) in [7, 11) is -1.14. The van der Waals surface area contributed by atoms with Crippen LogP contribution in [0.4, 0.5) is 4.39 Å². The number of halogens is 1. The number of nitrogens with one attached hydrogen (secondary N) is 1. The normalized spacial score (nSPS) is 23.0. The van der Waals surface area contributed by atoms with Gasteiger partial charge in [-0.15, -0.1) is 0 Å². The Labute approximate surface area is 189 Å². The number of hydrogen-bond acceptors (Lipinski definition) is 7. The second kappa shape index (κ2) is 10.2. The first-order valence-electron chi connectivity index (χ1n) is 10.00. The van der Waals surface area contributed by atoms with Gasteiger partial charge in [0.1, 0.15) is 6.10 Å². The molecule has 11 heteroatoms. The Balaban J connectivity index is 2.00. The van der Waals surface area contributed by atoms with Crippen molar-refractivity contribution in [3.8, 4) is 0 Å². The minimum absolute atomic E-state index is 0.218. The lowest BCUT2D eigenvalue weighted by Gasteiger charge is -2.34. The summed E-state index contributed by atoms with van der Waals surface area (Å²) in [6, 6.07) is 6.90. The Morgan fingerprint density at radius 1 is 1.15 bits per heavy atom. The van der Waals surface area contributed by atoms with Gasteiger partial charge in [-0.25, -0.2) is 14.0 Å². The van der Waals surface area contributed by atoms with Gasteiger partial charge in [-0.2, -0.15) is 0 Å². The number of hydrogen-bond donors (Lipinski definition) is 1. The first-order valence-corrected chi connectivity index (χ1v) is 11.6. The summed E-state index contributed by atoms with van der Waals surface area (Å²) >= 11 is 0. The molecule has 0 spiro atoms. The first kappa shape index (κ1) is 24.6. The standard InChI is InChI=1S/C22H24FN2O7P/c1-14-13-25(22(28)24-20(14)26)17-10-9-15(11-12-33(29,30-2)31-3)19(18(17)23)32-21(27)16-7-5-4-6-8-16/h4-13,15,17-19H,1-3H3,(H,24,26,28)/b12-11+/t15?,17?,18-,19+/m0/s1. The number of aromatic amines is 1. The molecule has 1 aliphatic carbocycles. The Bertz CT molecular complexity index is 1210. The number of H-pyrrole nitrogens is 1.